The van der Waals surface area contributed by atoms with Crippen LogP contribution in [-0.4, -0.2) is 50.8 Å². The van der Waals surface area contributed by atoms with E-state index >= 15 is 0 Å². The number of morpholine rings is 1. The lowest BCUT2D eigenvalue weighted by atomic mass is 10.3. The van der Waals surface area contributed by atoms with Crippen molar-refractivity contribution in [3.05, 3.63) is 24.3 Å². The summed E-state index contributed by atoms with van der Waals surface area (Å²) in [4.78, 5) is 13.7. The van der Waals surface area contributed by atoms with Crippen molar-refractivity contribution in [2.24, 2.45) is 0 Å². The fourth-order valence-corrected chi connectivity index (χ4v) is 1.81. The minimum atomic E-state index is 0.106. The molecule has 0 unspecified atom stereocenters. The third-order valence-electron chi connectivity index (χ3n) is 2.90. The first-order valence-electron chi connectivity index (χ1n) is 6.03. The summed E-state index contributed by atoms with van der Waals surface area (Å²) in [7, 11) is 1.63. The lowest BCUT2D eigenvalue weighted by Gasteiger charge is -2.27. The highest BCUT2D eigenvalue weighted by molar-refractivity contribution is 5.81. The van der Waals surface area contributed by atoms with Crippen LogP contribution in [0.4, 0.5) is 5.69 Å². The largest absolute Gasteiger partial charge is 0.497 e. The molecule has 1 amide bonds. The molecule has 1 fully saturated rings. The zero-order chi connectivity index (χ0) is 12.8. The van der Waals surface area contributed by atoms with E-state index in [4.69, 9.17) is 9.47 Å². The Balaban J connectivity index is 1.80. The number of rotatable bonds is 4. The second-order valence-electron chi connectivity index (χ2n) is 4.08. The highest BCUT2D eigenvalue weighted by Gasteiger charge is 2.15. The number of anilines is 1. The predicted molar refractivity (Wildman–Crippen MR) is 68.9 cm³/mol. The molecule has 0 bridgehead atoms. The Hall–Kier alpha value is -1.75. The third kappa shape index (κ3) is 3.37. The molecule has 1 saturated heterocycles. The van der Waals surface area contributed by atoms with Gasteiger partial charge < -0.3 is 19.7 Å². The van der Waals surface area contributed by atoms with Gasteiger partial charge in [0.2, 0.25) is 5.91 Å². The molecule has 0 atom stereocenters. The van der Waals surface area contributed by atoms with Gasteiger partial charge >= 0.3 is 0 Å². The lowest BCUT2D eigenvalue weighted by molar-refractivity contribution is -0.133. The van der Waals surface area contributed by atoms with Crippen LogP contribution in [0.15, 0.2) is 24.3 Å². The van der Waals surface area contributed by atoms with Gasteiger partial charge in [-0.05, 0) is 24.3 Å². The van der Waals surface area contributed by atoms with Crippen molar-refractivity contribution >= 4 is 11.6 Å². The molecule has 1 aliphatic heterocycles. The number of nitrogens with zero attached hydrogens (tertiary/aromatic N) is 1. The molecule has 1 heterocycles. The Labute approximate surface area is 107 Å². The van der Waals surface area contributed by atoms with Crippen LogP contribution in [0, 0.1) is 0 Å². The first kappa shape index (κ1) is 12.7. The van der Waals surface area contributed by atoms with E-state index in [2.05, 4.69) is 5.32 Å². The average Bonchev–Trinajstić information content (AvgIpc) is 2.46. The van der Waals surface area contributed by atoms with Gasteiger partial charge in [-0.15, -0.1) is 0 Å². The van der Waals surface area contributed by atoms with Crippen molar-refractivity contribution in [1.29, 1.82) is 0 Å². The lowest BCUT2D eigenvalue weighted by Crippen LogP contribution is -2.43. The van der Waals surface area contributed by atoms with Gasteiger partial charge in [0.15, 0.2) is 0 Å². The number of nitrogens with one attached hydrogen (secondary N) is 1. The molecule has 5 nitrogen and oxygen atoms in total. The third-order valence-corrected chi connectivity index (χ3v) is 2.90. The van der Waals surface area contributed by atoms with E-state index in [1.54, 1.807) is 7.11 Å². The summed E-state index contributed by atoms with van der Waals surface area (Å²) in [6, 6.07) is 7.51. The molecule has 0 saturated carbocycles. The van der Waals surface area contributed by atoms with E-state index in [-0.39, 0.29) is 5.91 Å². The smallest absolute Gasteiger partial charge is 0.242 e. The van der Waals surface area contributed by atoms with Gasteiger partial charge in [-0.2, -0.15) is 0 Å². The molecule has 98 valence electrons. The Morgan fingerprint density at radius 3 is 2.61 bits per heavy atom. The molecule has 0 radical (unpaired) electrons. The van der Waals surface area contributed by atoms with E-state index < -0.39 is 0 Å². The maximum atomic E-state index is 11.9. The molecule has 18 heavy (non-hydrogen) atoms. The average molecular weight is 250 g/mol. The van der Waals surface area contributed by atoms with Crippen molar-refractivity contribution < 1.29 is 14.3 Å². The van der Waals surface area contributed by atoms with E-state index in [1.165, 1.54) is 0 Å². The van der Waals surface area contributed by atoms with E-state index in [1.807, 2.05) is 29.2 Å². The Kier molecular flexibility index (Phi) is 4.41. The van der Waals surface area contributed by atoms with Gasteiger partial charge in [0.05, 0.1) is 26.9 Å². The van der Waals surface area contributed by atoms with Gasteiger partial charge in [0.1, 0.15) is 5.75 Å². The van der Waals surface area contributed by atoms with E-state index in [0.717, 1.165) is 11.4 Å². The molecule has 2 rings (SSSR count). The zero-order valence-corrected chi connectivity index (χ0v) is 10.5. The Bertz CT molecular complexity index is 386. The highest BCUT2D eigenvalue weighted by atomic mass is 16.5. The number of carbonyl (C=O) groups excluding carboxylic acids is 1. The van der Waals surface area contributed by atoms with Crippen LogP contribution in [0.2, 0.25) is 0 Å². The second-order valence-corrected chi connectivity index (χ2v) is 4.08. The normalized spacial score (nSPS) is 15.3. The van der Waals surface area contributed by atoms with Crippen molar-refractivity contribution in [3.8, 4) is 5.75 Å². The molecule has 1 aliphatic rings. The molecule has 0 aromatic heterocycles. The fraction of sp³-hybridized carbons (Fsp3) is 0.462. The number of hydrogen-bond donors (Lipinski definition) is 1. The van der Waals surface area contributed by atoms with E-state index in [0.29, 0.717) is 32.8 Å². The van der Waals surface area contributed by atoms with Crippen LogP contribution in [-0.2, 0) is 9.53 Å². The summed E-state index contributed by atoms with van der Waals surface area (Å²) < 4.78 is 10.3. The van der Waals surface area contributed by atoms with Crippen molar-refractivity contribution in [2.75, 3.05) is 45.3 Å². The summed E-state index contributed by atoms with van der Waals surface area (Å²) in [5.41, 5.74) is 0.914. The van der Waals surface area contributed by atoms with Gasteiger partial charge in [0, 0.05) is 18.8 Å². The number of amides is 1. The van der Waals surface area contributed by atoms with Crippen molar-refractivity contribution in [3.63, 3.8) is 0 Å². The van der Waals surface area contributed by atoms with Gasteiger partial charge in [0.25, 0.3) is 0 Å². The number of benzene rings is 1. The van der Waals surface area contributed by atoms with Gasteiger partial charge in [-0.1, -0.05) is 0 Å². The maximum absolute atomic E-state index is 11.9. The monoisotopic (exact) mass is 250 g/mol. The summed E-state index contributed by atoms with van der Waals surface area (Å²) in [5, 5.41) is 3.11. The number of hydrogen-bond acceptors (Lipinski definition) is 4. The number of carbonyl (C=O) groups is 1. The quantitative estimate of drug-likeness (QED) is 0.865. The van der Waals surface area contributed by atoms with Crippen LogP contribution >= 0.6 is 0 Å². The van der Waals surface area contributed by atoms with Crippen LogP contribution in [0.1, 0.15) is 0 Å². The maximum Gasteiger partial charge on any atom is 0.242 e. The fourth-order valence-electron chi connectivity index (χ4n) is 1.81. The van der Waals surface area contributed by atoms with Gasteiger partial charge in [-0.25, -0.2) is 0 Å². The number of ether oxygens (including phenoxy) is 2. The molecule has 1 aromatic carbocycles. The first-order valence-corrected chi connectivity index (χ1v) is 6.03. The molecular formula is C13H18N2O3. The summed E-state index contributed by atoms with van der Waals surface area (Å²) in [6.07, 6.45) is 0. The molecular weight excluding hydrogens is 232 g/mol. The Morgan fingerprint density at radius 2 is 2.00 bits per heavy atom. The van der Waals surface area contributed by atoms with Crippen LogP contribution in [0.5, 0.6) is 5.75 Å². The molecule has 0 spiro atoms. The first-order chi connectivity index (χ1) is 8.79. The van der Waals surface area contributed by atoms with Crippen LogP contribution in [0.3, 0.4) is 0 Å². The topological polar surface area (TPSA) is 50.8 Å². The van der Waals surface area contributed by atoms with Crippen LogP contribution < -0.4 is 10.1 Å². The zero-order valence-electron chi connectivity index (χ0n) is 10.5. The minimum absolute atomic E-state index is 0.106. The molecule has 1 aromatic rings. The second kappa shape index (κ2) is 6.26. The van der Waals surface area contributed by atoms with Crippen LogP contribution in [0.25, 0.3) is 0 Å². The summed E-state index contributed by atoms with van der Waals surface area (Å²) >= 11 is 0. The standard InChI is InChI=1S/C13H18N2O3/c1-17-12-4-2-11(3-5-12)14-10-13(16)15-6-8-18-9-7-15/h2-5,14H,6-10H2,1H3. The SMILES string of the molecule is COc1ccc(NCC(=O)N2CCOCC2)cc1. The summed E-state index contributed by atoms with van der Waals surface area (Å²) in [5.74, 6) is 0.911. The molecule has 0 aliphatic carbocycles. The minimum Gasteiger partial charge on any atom is -0.497 e. The highest BCUT2D eigenvalue weighted by Crippen LogP contribution is 2.14. The Morgan fingerprint density at radius 1 is 1.33 bits per heavy atom. The number of methoxy groups -OCH3 is 1. The predicted octanol–water partition coefficient (Wildman–Crippen LogP) is 0.966. The molecule has 1 N–H and O–H groups in total. The van der Waals surface area contributed by atoms with Crippen molar-refractivity contribution in [1.82, 2.24) is 4.90 Å². The van der Waals surface area contributed by atoms with Gasteiger partial charge in [-0.3, -0.25) is 4.79 Å². The van der Waals surface area contributed by atoms with E-state index in [9.17, 15) is 4.79 Å². The van der Waals surface area contributed by atoms with Crippen molar-refractivity contribution in [2.45, 2.75) is 0 Å². The molecule has 5 heteroatoms. The summed E-state index contributed by atoms with van der Waals surface area (Å²) in [6.45, 7) is 2.95.